The van der Waals surface area contributed by atoms with Gasteiger partial charge in [0.1, 0.15) is 11.3 Å². The Morgan fingerprint density at radius 3 is 3.00 bits per heavy atom. The number of hydrogen-bond donors (Lipinski definition) is 1. The summed E-state index contributed by atoms with van der Waals surface area (Å²) in [6, 6.07) is 5.97. The molecule has 1 aromatic heterocycles. The summed E-state index contributed by atoms with van der Waals surface area (Å²) in [5, 5.41) is 0. The standard InChI is InChI=1S/C13H16N2OS/c1-3-4-5-9-15-10-7-6-8-11(16-2)12(10)14-13(15)17/h3-4,6-8H,5,9H2,1-2H3,(H,14,17)/b4-3+. The average molecular weight is 248 g/mol. The number of nitrogens with zero attached hydrogens (tertiary/aromatic N) is 1. The molecule has 1 aromatic carbocycles. The molecule has 0 atom stereocenters. The van der Waals surface area contributed by atoms with Gasteiger partial charge in [-0.1, -0.05) is 18.2 Å². The van der Waals surface area contributed by atoms with E-state index in [-0.39, 0.29) is 0 Å². The molecule has 0 bridgehead atoms. The summed E-state index contributed by atoms with van der Waals surface area (Å²) < 4.78 is 8.17. The molecule has 4 heteroatoms. The highest BCUT2D eigenvalue weighted by Crippen LogP contribution is 2.24. The molecule has 0 aliphatic heterocycles. The maximum atomic E-state index is 5.34. The molecule has 0 fully saturated rings. The first kappa shape index (κ1) is 11.9. The molecule has 0 aliphatic carbocycles. The Labute approximate surface area is 106 Å². The topological polar surface area (TPSA) is 29.9 Å². The lowest BCUT2D eigenvalue weighted by atomic mass is 10.3. The van der Waals surface area contributed by atoms with Crippen molar-refractivity contribution < 1.29 is 4.74 Å². The van der Waals surface area contributed by atoms with Gasteiger partial charge in [-0.25, -0.2) is 0 Å². The number of ether oxygens (including phenoxy) is 1. The Balaban J connectivity index is 2.48. The third-order valence-corrected chi connectivity index (χ3v) is 3.07. The maximum Gasteiger partial charge on any atom is 0.178 e. The number of nitrogens with one attached hydrogen (secondary N) is 1. The van der Waals surface area contributed by atoms with Gasteiger partial charge in [0.2, 0.25) is 0 Å². The Hall–Kier alpha value is -1.55. The van der Waals surface area contributed by atoms with Crippen molar-refractivity contribution in [1.29, 1.82) is 0 Å². The SMILES string of the molecule is C/C=C/CCn1c(=S)[nH]c2c(OC)cccc21. The van der Waals surface area contributed by atoms with Crippen molar-refractivity contribution in [3.8, 4) is 5.75 Å². The second kappa shape index (κ2) is 5.19. The molecule has 1 N–H and O–H groups in total. The zero-order valence-corrected chi connectivity index (χ0v) is 10.9. The maximum absolute atomic E-state index is 5.34. The second-order valence-electron chi connectivity index (χ2n) is 3.79. The van der Waals surface area contributed by atoms with Crippen LogP contribution in [0, 0.1) is 4.77 Å². The molecule has 17 heavy (non-hydrogen) atoms. The molecule has 2 aromatic rings. The second-order valence-corrected chi connectivity index (χ2v) is 4.18. The molecule has 90 valence electrons. The van der Waals surface area contributed by atoms with Gasteiger partial charge in [0.25, 0.3) is 0 Å². The highest BCUT2D eigenvalue weighted by atomic mass is 32.1. The zero-order chi connectivity index (χ0) is 12.3. The predicted molar refractivity (Wildman–Crippen MR) is 73.1 cm³/mol. The van der Waals surface area contributed by atoms with E-state index in [1.807, 2.05) is 19.1 Å². The number of fused-ring (bicyclic) bond motifs is 1. The van der Waals surface area contributed by atoms with Gasteiger partial charge in [-0.05, 0) is 37.7 Å². The number of allylic oxidation sites excluding steroid dienone is 2. The van der Waals surface area contributed by atoms with Gasteiger partial charge < -0.3 is 14.3 Å². The molecular formula is C13H16N2OS. The quantitative estimate of drug-likeness (QED) is 0.661. The molecule has 0 amide bonds. The number of aromatic amines is 1. The predicted octanol–water partition coefficient (Wildman–Crippen LogP) is 3.67. The molecule has 3 nitrogen and oxygen atoms in total. The summed E-state index contributed by atoms with van der Waals surface area (Å²) in [7, 11) is 1.67. The van der Waals surface area contributed by atoms with Crippen LogP contribution in [0.2, 0.25) is 0 Å². The van der Waals surface area contributed by atoms with E-state index in [0.29, 0.717) is 0 Å². The Morgan fingerprint density at radius 2 is 2.29 bits per heavy atom. The third kappa shape index (κ3) is 2.26. The van der Waals surface area contributed by atoms with Crippen LogP contribution < -0.4 is 4.74 Å². The summed E-state index contributed by atoms with van der Waals surface area (Å²) in [5.41, 5.74) is 2.07. The van der Waals surface area contributed by atoms with Gasteiger partial charge in [0, 0.05) is 6.54 Å². The third-order valence-electron chi connectivity index (χ3n) is 2.75. The van der Waals surface area contributed by atoms with E-state index in [9.17, 15) is 0 Å². The molecule has 0 radical (unpaired) electrons. The van der Waals surface area contributed by atoms with Crippen molar-refractivity contribution in [3.63, 3.8) is 0 Å². The zero-order valence-electron chi connectivity index (χ0n) is 10.1. The molecule has 2 rings (SSSR count). The van der Waals surface area contributed by atoms with Crippen molar-refractivity contribution >= 4 is 23.3 Å². The highest BCUT2D eigenvalue weighted by Gasteiger charge is 2.07. The Morgan fingerprint density at radius 1 is 1.47 bits per heavy atom. The van der Waals surface area contributed by atoms with Crippen molar-refractivity contribution in [1.82, 2.24) is 9.55 Å². The van der Waals surface area contributed by atoms with E-state index in [1.165, 1.54) is 0 Å². The van der Waals surface area contributed by atoms with E-state index in [0.717, 1.165) is 34.5 Å². The molecule has 0 saturated carbocycles. The van der Waals surface area contributed by atoms with Crippen LogP contribution in [-0.2, 0) is 6.54 Å². The molecule has 0 aliphatic rings. The van der Waals surface area contributed by atoms with E-state index in [1.54, 1.807) is 7.11 Å². The number of aryl methyl sites for hydroxylation is 1. The minimum absolute atomic E-state index is 0.744. The number of imidazole rings is 1. The molecule has 0 saturated heterocycles. The van der Waals surface area contributed by atoms with Crippen molar-refractivity contribution in [2.75, 3.05) is 7.11 Å². The van der Waals surface area contributed by atoms with E-state index >= 15 is 0 Å². The Kier molecular flexibility index (Phi) is 3.64. The monoisotopic (exact) mass is 248 g/mol. The number of para-hydroxylation sites is 1. The van der Waals surface area contributed by atoms with Gasteiger partial charge in [0.15, 0.2) is 4.77 Å². The van der Waals surface area contributed by atoms with Crippen LogP contribution in [0.15, 0.2) is 30.4 Å². The van der Waals surface area contributed by atoms with Crippen molar-refractivity contribution in [2.45, 2.75) is 19.9 Å². The fourth-order valence-electron chi connectivity index (χ4n) is 1.92. The smallest absolute Gasteiger partial charge is 0.178 e. The minimum Gasteiger partial charge on any atom is -0.494 e. The lowest BCUT2D eigenvalue weighted by Crippen LogP contribution is -1.96. The van der Waals surface area contributed by atoms with Crippen molar-refractivity contribution in [3.05, 3.63) is 35.1 Å². The van der Waals surface area contributed by atoms with Crippen LogP contribution in [-0.4, -0.2) is 16.7 Å². The number of hydrogen-bond acceptors (Lipinski definition) is 2. The first-order chi connectivity index (χ1) is 8.27. The summed E-state index contributed by atoms with van der Waals surface area (Å²) in [4.78, 5) is 3.20. The van der Waals surface area contributed by atoms with Crippen LogP contribution in [0.4, 0.5) is 0 Å². The van der Waals surface area contributed by atoms with Crippen LogP contribution in [0.1, 0.15) is 13.3 Å². The van der Waals surface area contributed by atoms with Gasteiger partial charge in [-0.15, -0.1) is 0 Å². The first-order valence-corrected chi connectivity index (χ1v) is 6.05. The van der Waals surface area contributed by atoms with Crippen LogP contribution in [0.5, 0.6) is 5.75 Å². The Bertz CT molecular complexity index is 595. The molecular weight excluding hydrogens is 232 g/mol. The number of methoxy groups -OCH3 is 1. The minimum atomic E-state index is 0.744. The van der Waals surface area contributed by atoms with Gasteiger partial charge >= 0.3 is 0 Å². The normalized spacial score (nSPS) is 11.4. The van der Waals surface area contributed by atoms with E-state index in [4.69, 9.17) is 17.0 Å². The summed E-state index contributed by atoms with van der Waals surface area (Å²) in [6.07, 6.45) is 5.18. The van der Waals surface area contributed by atoms with Crippen LogP contribution >= 0.6 is 12.2 Å². The molecule has 1 heterocycles. The van der Waals surface area contributed by atoms with Crippen LogP contribution in [0.3, 0.4) is 0 Å². The fraction of sp³-hybridized carbons (Fsp3) is 0.308. The largest absolute Gasteiger partial charge is 0.494 e. The van der Waals surface area contributed by atoms with Gasteiger partial charge in [-0.3, -0.25) is 0 Å². The number of benzene rings is 1. The van der Waals surface area contributed by atoms with Gasteiger partial charge in [0.05, 0.1) is 12.6 Å². The first-order valence-electron chi connectivity index (χ1n) is 5.64. The summed E-state index contributed by atoms with van der Waals surface area (Å²) >= 11 is 5.34. The van der Waals surface area contributed by atoms with Gasteiger partial charge in [-0.2, -0.15) is 0 Å². The number of rotatable bonds is 4. The summed E-state index contributed by atoms with van der Waals surface area (Å²) in [6.45, 7) is 2.91. The molecule has 0 spiro atoms. The fourth-order valence-corrected chi connectivity index (χ4v) is 2.21. The van der Waals surface area contributed by atoms with Crippen LogP contribution in [0.25, 0.3) is 11.0 Å². The lowest BCUT2D eigenvalue weighted by molar-refractivity contribution is 0.419. The molecule has 0 unspecified atom stereocenters. The summed E-state index contributed by atoms with van der Waals surface area (Å²) in [5.74, 6) is 0.832. The lowest BCUT2D eigenvalue weighted by Gasteiger charge is -2.03. The average Bonchev–Trinajstić information content (AvgIpc) is 2.66. The van der Waals surface area contributed by atoms with Crippen molar-refractivity contribution in [2.24, 2.45) is 0 Å². The number of H-pyrrole nitrogens is 1. The van der Waals surface area contributed by atoms with E-state index < -0.39 is 0 Å². The number of aromatic nitrogens is 2. The van der Waals surface area contributed by atoms with E-state index in [2.05, 4.69) is 27.8 Å². The highest BCUT2D eigenvalue weighted by molar-refractivity contribution is 7.71.